The molecule has 1 N–H and O–H groups in total. The lowest BCUT2D eigenvalue weighted by Crippen LogP contribution is -2.46. The summed E-state index contributed by atoms with van der Waals surface area (Å²) >= 11 is 0. The van der Waals surface area contributed by atoms with Crippen molar-refractivity contribution in [1.82, 2.24) is 14.7 Å². The molecule has 25 heavy (non-hydrogen) atoms. The summed E-state index contributed by atoms with van der Waals surface area (Å²) in [5.74, 6) is -0.411. The molecule has 0 radical (unpaired) electrons. The first-order chi connectivity index (χ1) is 11.6. The Kier molecular flexibility index (Phi) is 5.05. The van der Waals surface area contributed by atoms with Crippen LogP contribution in [0.3, 0.4) is 0 Å². The number of likely N-dealkylation sites (N-methyl/N-ethyl adjacent to an activating group) is 1. The topological polar surface area (TPSA) is 110 Å². The molecule has 2 heterocycles. The van der Waals surface area contributed by atoms with E-state index in [9.17, 15) is 19.7 Å². The molecule has 0 fully saturated rings. The number of pyridine rings is 1. The number of aromatic nitrogens is 2. The van der Waals surface area contributed by atoms with E-state index in [-0.39, 0.29) is 30.5 Å². The number of carbonyl (C=O) groups excluding carboxylic acids is 1. The summed E-state index contributed by atoms with van der Waals surface area (Å²) in [6, 6.07) is 4.85. The number of nitro groups is 1. The summed E-state index contributed by atoms with van der Waals surface area (Å²) in [5.41, 5.74) is -1.57. The van der Waals surface area contributed by atoms with Gasteiger partial charge in [0, 0.05) is 18.3 Å². The largest absolute Gasteiger partial charge is 0.376 e. The van der Waals surface area contributed by atoms with Crippen LogP contribution in [0, 0.1) is 10.1 Å². The van der Waals surface area contributed by atoms with Crippen LogP contribution in [0.1, 0.15) is 27.7 Å². The van der Waals surface area contributed by atoms with E-state index in [4.69, 9.17) is 0 Å². The Morgan fingerprint density at radius 1 is 1.40 bits per heavy atom. The average molecular weight is 347 g/mol. The van der Waals surface area contributed by atoms with Crippen LogP contribution in [0.4, 0.5) is 11.5 Å². The van der Waals surface area contributed by atoms with Crippen molar-refractivity contribution >= 4 is 23.1 Å². The highest BCUT2D eigenvalue weighted by molar-refractivity contribution is 5.82. The van der Waals surface area contributed by atoms with Crippen LogP contribution in [0.2, 0.25) is 0 Å². The van der Waals surface area contributed by atoms with Crippen molar-refractivity contribution in [2.24, 2.45) is 0 Å². The minimum Gasteiger partial charge on any atom is -0.350 e. The normalized spacial score (nSPS) is 11.4. The third kappa shape index (κ3) is 4.11. The van der Waals surface area contributed by atoms with Gasteiger partial charge in [-0.2, -0.15) is 0 Å². The van der Waals surface area contributed by atoms with E-state index in [2.05, 4.69) is 10.3 Å². The molecule has 2 rings (SSSR count). The Balaban J connectivity index is 2.53. The van der Waals surface area contributed by atoms with Crippen molar-refractivity contribution in [2.45, 2.75) is 33.2 Å². The number of anilines is 1. The van der Waals surface area contributed by atoms with Gasteiger partial charge in [-0.25, -0.2) is 4.98 Å². The van der Waals surface area contributed by atoms with Gasteiger partial charge >= 0.3 is 11.2 Å². The Morgan fingerprint density at radius 3 is 2.64 bits per heavy atom. The molecule has 0 atom stereocenters. The lowest BCUT2D eigenvalue weighted by molar-refractivity contribution is -0.385. The van der Waals surface area contributed by atoms with E-state index >= 15 is 0 Å². The van der Waals surface area contributed by atoms with Crippen molar-refractivity contribution in [2.75, 3.05) is 18.0 Å². The van der Waals surface area contributed by atoms with Crippen LogP contribution in [-0.2, 0) is 4.79 Å². The SMILES string of the molecule is CCN(CC(=O)NC(C)(C)C)c1nc2ccccn2c(=O)c1[N+](=O)[O-]. The predicted molar refractivity (Wildman–Crippen MR) is 93.9 cm³/mol. The Bertz CT molecular complexity index is 869. The van der Waals surface area contributed by atoms with Crippen LogP contribution in [0.15, 0.2) is 29.2 Å². The molecule has 0 aliphatic heterocycles. The van der Waals surface area contributed by atoms with E-state index < -0.39 is 21.7 Å². The molecule has 0 unspecified atom stereocenters. The fraction of sp³-hybridized carbons (Fsp3) is 0.438. The molecule has 9 nitrogen and oxygen atoms in total. The number of fused-ring (bicyclic) bond motifs is 1. The van der Waals surface area contributed by atoms with Gasteiger partial charge in [0.2, 0.25) is 11.7 Å². The summed E-state index contributed by atoms with van der Waals surface area (Å²) < 4.78 is 1.12. The minimum absolute atomic E-state index is 0.104. The van der Waals surface area contributed by atoms with E-state index in [1.807, 2.05) is 20.8 Å². The van der Waals surface area contributed by atoms with Gasteiger partial charge in [-0.05, 0) is 39.8 Å². The highest BCUT2D eigenvalue weighted by Crippen LogP contribution is 2.22. The van der Waals surface area contributed by atoms with Crippen molar-refractivity contribution in [3.05, 3.63) is 44.9 Å². The van der Waals surface area contributed by atoms with Crippen LogP contribution in [0.25, 0.3) is 5.65 Å². The number of hydrogen-bond donors (Lipinski definition) is 1. The third-order valence-corrected chi connectivity index (χ3v) is 3.40. The van der Waals surface area contributed by atoms with Gasteiger partial charge in [-0.1, -0.05) is 6.07 Å². The van der Waals surface area contributed by atoms with Crippen LogP contribution in [-0.4, -0.2) is 38.8 Å². The van der Waals surface area contributed by atoms with Gasteiger partial charge in [0.25, 0.3) is 0 Å². The Morgan fingerprint density at radius 2 is 2.08 bits per heavy atom. The average Bonchev–Trinajstić information content (AvgIpc) is 2.50. The first kappa shape index (κ1) is 18.4. The molecule has 0 aliphatic carbocycles. The van der Waals surface area contributed by atoms with Gasteiger partial charge in [0.1, 0.15) is 5.65 Å². The molecule has 0 aromatic carbocycles. The summed E-state index contributed by atoms with van der Waals surface area (Å²) in [5, 5.41) is 14.2. The maximum Gasteiger partial charge on any atom is 0.376 e. The van der Waals surface area contributed by atoms with Gasteiger partial charge < -0.3 is 10.2 Å². The molecule has 0 spiro atoms. The fourth-order valence-corrected chi connectivity index (χ4v) is 2.42. The first-order valence-corrected chi connectivity index (χ1v) is 7.86. The summed E-state index contributed by atoms with van der Waals surface area (Å²) in [6.45, 7) is 7.40. The summed E-state index contributed by atoms with van der Waals surface area (Å²) in [7, 11) is 0. The monoisotopic (exact) mass is 347 g/mol. The lowest BCUT2D eigenvalue weighted by Gasteiger charge is -2.25. The van der Waals surface area contributed by atoms with E-state index in [1.165, 1.54) is 11.1 Å². The second-order valence-electron chi connectivity index (χ2n) is 6.59. The van der Waals surface area contributed by atoms with Crippen molar-refractivity contribution in [1.29, 1.82) is 0 Å². The number of nitrogens with one attached hydrogen (secondary N) is 1. The van der Waals surface area contributed by atoms with E-state index in [0.29, 0.717) is 0 Å². The highest BCUT2D eigenvalue weighted by atomic mass is 16.6. The maximum absolute atomic E-state index is 12.5. The lowest BCUT2D eigenvalue weighted by atomic mass is 10.1. The standard InChI is InChI=1S/C16H21N5O4/c1-5-19(10-12(22)18-16(2,3)4)14-13(21(24)25)15(23)20-9-7-6-8-11(20)17-14/h6-9H,5,10H2,1-4H3,(H,18,22). The third-order valence-electron chi connectivity index (χ3n) is 3.40. The molecule has 1 amide bonds. The van der Waals surface area contributed by atoms with Crippen molar-refractivity contribution < 1.29 is 9.72 Å². The molecule has 0 saturated heterocycles. The van der Waals surface area contributed by atoms with Gasteiger partial charge in [-0.15, -0.1) is 0 Å². The van der Waals surface area contributed by atoms with Crippen LogP contribution < -0.4 is 15.8 Å². The molecular weight excluding hydrogens is 326 g/mol. The summed E-state index contributed by atoms with van der Waals surface area (Å²) in [6.07, 6.45) is 1.42. The molecular formula is C16H21N5O4. The smallest absolute Gasteiger partial charge is 0.350 e. The number of rotatable bonds is 5. The quantitative estimate of drug-likeness (QED) is 0.646. The van der Waals surface area contributed by atoms with Gasteiger partial charge in [0.05, 0.1) is 11.5 Å². The van der Waals surface area contributed by atoms with Crippen LogP contribution >= 0.6 is 0 Å². The summed E-state index contributed by atoms with van der Waals surface area (Å²) in [4.78, 5) is 41.0. The number of carbonyl (C=O) groups is 1. The zero-order chi connectivity index (χ0) is 18.8. The van der Waals surface area contributed by atoms with E-state index in [0.717, 1.165) is 4.40 Å². The maximum atomic E-state index is 12.5. The van der Waals surface area contributed by atoms with Gasteiger partial charge in [0.15, 0.2) is 0 Å². The van der Waals surface area contributed by atoms with E-state index in [1.54, 1.807) is 25.1 Å². The number of nitrogens with zero attached hydrogens (tertiary/aromatic N) is 4. The first-order valence-electron chi connectivity index (χ1n) is 7.86. The fourth-order valence-electron chi connectivity index (χ4n) is 2.42. The number of amides is 1. The molecule has 0 saturated carbocycles. The molecule has 0 aliphatic rings. The van der Waals surface area contributed by atoms with Crippen molar-refractivity contribution in [3.63, 3.8) is 0 Å². The molecule has 134 valence electrons. The second-order valence-corrected chi connectivity index (χ2v) is 6.59. The zero-order valence-electron chi connectivity index (χ0n) is 14.6. The Hall–Kier alpha value is -2.97. The molecule has 2 aromatic heterocycles. The predicted octanol–water partition coefficient (Wildman–Crippen LogP) is 1.34. The molecule has 2 aromatic rings. The number of hydrogen-bond acceptors (Lipinski definition) is 6. The minimum atomic E-state index is -0.778. The highest BCUT2D eigenvalue weighted by Gasteiger charge is 2.28. The Labute approximate surface area is 144 Å². The van der Waals surface area contributed by atoms with Crippen molar-refractivity contribution in [3.8, 4) is 0 Å². The second kappa shape index (κ2) is 6.88. The van der Waals surface area contributed by atoms with Gasteiger partial charge in [-0.3, -0.25) is 24.1 Å². The molecule has 0 bridgehead atoms. The molecule has 9 heteroatoms. The zero-order valence-corrected chi connectivity index (χ0v) is 14.6. The van der Waals surface area contributed by atoms with Crippen LogP contribution in [0.5, 0.6) is 0 Å².